The van der Waals surface area contributed by atoms with Crippen LogP contribution in [0.5, 0.6) is 0 Å². The van der Waals surface area contributed by atoms with Crippen molar-refractivity contribution < 1.29 is 23.1 Å². The van der Waals surface area contributed by atoms with E-state index in [1.165, 1.54) is 18.2 Å². The Balaban J connectivity index is 1.61. The standard InChI is InChI=1S/C22H20F3NO2/c23-22(24,25)15-3-1-2-13(9-15)20-19-12-5-4-11(8-12)18(19)16-10-14(21(27)28)6-7-17(16)26-20/h1-3,6-7,9-12,18-20,26H,4-5,8H2,(H,27,28)/p-1/t11-,12-,18+,19-,20-/m0/s1. The first-order chi connectivity index (χ1) is 13.3. The summed E-state index contributed by atoms with van der Waals surface area (Å²) in [6.45, 7) is 0. The summed E-state index contributed by atoms with van der Waals surface area (Å²) >= 11 is 0. The number of halogens is 3. The third kappa shape index (κ3) is 2.61. The molecule has 0 saturated heterocycles. The zero-order valence-corrected chi connectivity index (χ0v) is 15.0. The molecule has 1 N–H and O–H groups in total. The van der Waals surface area contributed by atoms with Gasteiger partial charge >= 0.3 is 6.18 Å². The number of benzene rings is 2. The van der Waals surface area contributed by atoms with Gasteiger partial charge in [0, 0.05) is 5.69 Å². The molecule has 2 saturated carbocycles. The van der Waals surface area contributed by atoms with E-state index in [0.29, 0.717) is 17.4 Å². The van der Waals surface area contributed by atoms with E-state index in [1.807, 2.05) is 0 Å². The van der Waals surface area contributed by atoms with Crippen molar-refractivity contribution in [2.75, 3.05) is 5.32 Å². The van der Waals surface area contributed by atoms with E-state index < -0.39 is 17.7 Å². The summed E-state index contributed by atoms with van der Waals surface area (Å²) in [6, 6.07) is 10.3. The van der Waals surface area contributed by atoms with Crippen LogP contribution < -0.4 is 10.4 Å². The van der Waals surface area contributed by atoms with E-state index in [1.54, 1.807) is 18.2 Å². The molecule has 0 spiro atoms. The lowest BCUT2D eigenvalue weighted by Gasteiger charge is -2.44. The predicted molar refractivity (Wildman–Crippen MR) is 95.6 cm³/mol. The van der Waals surface area contributed by atoms with E-state index >= 15 is 0 Å². The number of carbonyl (C=O) groups excluding carboxylic acids is 1. The summed E-state index contributed by atoms with van der Waals surface area (Å²) in [5.74, 6) is 0.0473. The second-order valence-corrected chi connectivity index (χ2v) is 8.27. The Labute approximate surface area is 160 Å². The van der Waals surface area contributed by atoms with Crippen molar-refractivity contribution in [1.82, 2.24) is 0 Å². The minimum absolute atomic E-state index is 0.152. The number of hydrogen-bond donors (Lipinski definition) is 1. The van der Waals surface area contributed by atoms with Crippen molar-refractivity contribution in [3.8, 4) is 0 Å². The molecule has 3 aliphatic rings. The first-order valence-electron chi connectivity index (χ1n) is 9.62. The molecule has 0 amide bonds. The van der Waals surface area contributed by atoms with Gasteiger partial charge in [-0.15, -0.1) is 0 Å². The number of carboxylic acids is 1. The summed E-state index contributed by atoms with van der Waals surface area (Å²) in [7, 11) is 0. The normalized spacial score (nSPS) is 30.5. The maximum Gasteiger partial charge on any atom is 0.416 e. The number of alkyl halides is 3. The smallest absolute Gasteiger partial charge is 0.416 e. The lowest BCUT2D eigenvalue weighted by Crippen LogP contribution is -2.36. The fourth-order valence-electron chi connectivity index (χ4n) is 5.85. The predicted octanol–water partition coefficient (Wildman–Crippen LogP) is 4.37. The molecular weight excluding hydrogens is 367 g/mol. The lowest BCUT2D eigenvalue weighted by atomic mass is 9.68. The van der Waals surface area contributed by atoms with Gasteiger partial charge in [0.05, 0.1) is 17.6 Å². The average Bonchev–Trinajstić information content (AvgIpc) is 3.29. The van der Waals surface area contributed by atoms with Crippen molar-refractivity contribution in [1.29, 1.82) is 0 Å². The number of carbonyl (C=O) groups is 1. The summed E-state index contributed by atoms with van der Waals surface area (Å²) in [5, 5.41) is 14.8. The molecule has 3 nitrogen and oxygen atoms in total. The van der Waals surface area contributed by atoms with Crippen molar-refractivity contribution in [3.05, 3.63) is 64.7 Å². The molecule has 1 heterocycles. The largest absolute Gasteiger partial charge is 0.545 e. The van der Waals surface area contributed by atoms with Gasteiger partial charge < -0.3 is 15.2 Å². The van der Waals surface area contributed by atoms with Gasteiger partial charge in [-0.25, -0.2) is 0 Å². The number of hydrogen-bond acceptors (Lipinski definition) is 3. The number of anilines is 1. The molecule has 2 fully saturated rings. The van der Waals surface area contributed by atoms with E-state index in [4.69, 9.17) is 0 Å². The van der Waals surface area contributed by atoms with Crippen LogP contribution in [0.4, 0.5) is 18.9 Å². The highest BCUT2D eigenvalue weighted by atomic mass is 19.4. The molecule has 5 rings (SSSR count). The molecule has 28 heavy (non-hydrogen) atoms. The molecule has 0 radical (unpaired) electrons. The number of nitrogens with one attached hydrogen (secondary N) is 1. The van der Waals surface area contributed by atoms with Crippen molar-refractivity contribution in [2.45, 2.75) is 37.4 Å². The number of carboxylic acid groups (broad SMARTS) is 1. The molecule has 6 heteroatoms. The maximum atomic E-state index is 13.2. The summed E-state index contributed by atoms with van der Waals surface area (Å²) < 4.78 is 39.7. The monoisotopic (exact) mass is 386 g/mol. The van der Waals surface area contributed by atoms with Crippen LogP contribution in [-0.2, 0) is 6.18 Å². The van der Waals surface area contributed by atoms with E-state index in [9.17, 15) is 23.1 Å². The summed E-state index contributed by atoms with van der Waals surface area (Å²) in [5.41, 5.74) is 1.96. The van der Waals surface area contributed by atoms with E-state index in [2.05, 4.69) is 5.32 Å². The molecule has 0 unspecified atom stereocenters. The number of rotatable bonds is 2. The van der Waals surface area contributed by atoms with Crippen LogP contribution >= 0.6 is 0 Å². The van der Waals surface area contributed by atoms with Gasteiger partial charge in [-0.2, -0.15) is 13.2 Å². The quantitative estimate of drug-likeness (QED) is 0.834. The van der Waals surface area contributed by atoms with Crippen molar-refractivity contribution in [2.24, 2.45) is 17.8 Å². The fourth-order valence-corrected chi connectivity index (χ4v) is 5.85. The first-order valence-corrected chi connectivity index (χ1v) is 9.62. The Hall–Kier alpha value is -2.50. The fraction of sp³-hybridized carbons (Fsp3) is 0.409. The van der Waals surface area contributed by atoms with Crippen LogP contribution in [0, 0.1) is 17.8 Å². The summed E-state index contributed by atoms with van der Waals surface area (Å²) in [6.07, 6.45) is -1.14. The van der Waals surface area contributed by atoms with Crippen LogP contribution in [0.1, 0.15) is 58.3 Å². The van der Waals surface area contributed by atoms with Crippen molar-refractivity contribution >= 4 is 11.7 Å². The van der Waals surface area contributed by atoms with Gasteiger partial charge in [0.2, 0.25) is 0 Å². The molecule has 146 valence electrons. The highest BCUT2D eigenvalue weighted by molar-refractivity contribution is 5.87. The molecule has 5 atom stereocenters. The Morgan fingerprint density at radius 3 is 2.61 bits per heavy atom. The van der Waals surface area contributed by atoms with Gasteiger partial charge in [0.15, 0.2) is 0 Å². The molecule has 2 aliphatic carbocycles. The zero-order chi connectivity index (χ0) is 19.6. The lowest BCUT2D eigenvalue weighted by molar-refractivity contribution is -0.255. The molecular formula is C22H19F3NO2-. The number of fused-ring (bicyclic) bond motifs is 7. The molecule has 1 aliphatic heterocycles. The van der Waals surface area contributed by atoms with E-state index in [-0.39, 0.29) is 23.4 Å². The highest BCUT2D eigenvalue weighted by Crippen LogP contribution is 2.63. The Bertz CT molecular complexity index is 955. The van der Waals surface area contributed by atoms with Gasteiger partial charge in [0.1, 0.15) is 0 Å². The highest BCUT2D eigenvalue weighted by Gasteiger charge is 2.54. The zero-order valence-electron chi connectivity index (χ0n) is 15.0. The van der Waals surface area contributed by atoms with Crippen molar-refractivity contribution in [3.63, 3.8) is 0 Å². The topological polar surface area (TPSA) is 52.2 Å². The van der Waals surface area contributed by atoms with Gasteiger partial charge in [-0.1, -0.05) is 18.2 Å². The Morgan fingerprint density at radius 2 is 1.86 bits per heavy atom. The van der Waals surface area contributed by atoms with Crippen LogP contribution in [0.2, 0.25) is 0 Å². The van der Waals surface area contributed by atoms with Crippen LogP contribution in [0.3, 0.4) is 0 Å². The number of aromatic carboxylic acids is 1. The Morgan fingerprint density at radius 1 is 1.07 bits per heavy atom. The van der Waals surface area contributed by atoms with Crippen LogP contribution in [-0.4, -0.2) is 5.97 Å². The van der Waals surface area contributed by atoms with Gasteiger partial charge in [0.25, 0.3) is 0 Å². The SMILES string of the molecule is O=C([O-])c1ccc2c(c1)[C@H]1[C@H]3CC[C@@H](C3)[C@@H]1[C@H](c1cccc(C(F)(F)F)c1)N2. The Kier molecular flexibility index (Phi) is 3.77. The molecule has 2 aromatic carbocycles. The average molecular weight is 386 g/mol. The summed E-state index contributed by atoms with van der Waals surface area (Å²) in [4.78, 5) is 11.3. The van der Waals surface area contributed by atoms with Gasteiger partial charge in [-0.05, 0) is 83.9 Å². The third-order valence-electron chi connectivity index (χ3n) is 6.90. The molecule has 2 bridgehead atoms. The van der Waals surface area contributed by atoms with Gasteiger partial charge in [-0.3, -0.25) is 0 Å². The first kappa shape index (κ1) is 17.6. The maximum absolute atomic E-state index is 13.2. The minimum atomic E-state index is -4.37. The second-order valence-electron chi connectivity index (χ2n) is 8.27. The minimum Gasteiger partial charge on any atom is -0.545 e. The van der Waals surface area contributed by atoms with Crippen LogP contribution in [0.15, 0.2) is 42.5 Å². The third-order valence-corrected chi connectivity index (χ3v) is 6.90. The molecule has 2 aromatic rings. The molecule has 0 aromatic heterocycles. The van der Waals surface area contributed by atoms with Crippen LogP contribution in [0.25, 0.3) is 0 Å². The van der Waals surface area contributed by atoms with E-state index in [0.717, 1.165) is 36.6 Å². The second kappa shape index (κ2) is 6.00.